The van der Waals surface area contributed by atoms with E-state index in [9.17, 15) is 4.39 Å². The van der Waals surface area contributed by atoms with Crippen molar-refractivity contribution < 1.29 is 9.13 Å². The quantitative estimate of drug-likeness (QED) is 0.864. The molecule has 96 valence electrons. The number of ether oxygens (including phenoxy) is 1. The van der Waals surface area contributed by atoms with E-state index in [-0.39, 0.29) is 5.82 Å². The first-order valence-electron chi connectivity index (χ1n) is 5.70. The lowest BCUT2D eigenvalue weighted by Gasteiger charge is -2.06. The number of halogens is 2. The average Bonchev–Trinajstić information content (AvgIpc) is 2.64. The fourth-order valence-corrected chi connectivity index (χ4v) is 2.39. The fourth-order valence-electron chi connectivity index (χ4n) is 1.66. The van der Waals surface area contributed by atoms with Crippen molar-refractivity contribution in [3.05, 3.63) is 45.9 Å². The summed E-state index contributed by atoms with van der Waals surface area (Å²) in [6.45, 7) is 2.45. The van der Waals surface area contributed by atoms with Crippen molar-refractivity contribution in [3.8, 4) is 5.75 Å². The molecule has 2 rings (SSSR count). The predicted octanol–water partition coefficient (Wildman–Crippen LogP) is 3.46. The normalized spacial score (nSPS) is 10.7. The van der Waals surface area contributed by atoms with E-state index < -0.39 is 0 Å². The summed E-state index contributed by atoms with van der Waals surface area (Å²) in [7, 11) is 1.88. The van der Waals surface area contributed by atoms with Crippen molar-refractivity contribution in [1.29, 1.82) is 0 Å². The lowest BCUT2D eigenvalue weighted by atomic mass is 10.3. The van der Waals surface area contributed by atoms with Crippen LogP contribution in [0.15, 0.2) is 28.7 Å². The Morgan fingerprint density at radius 3 is 2.56 bits per heavy atom. The first-order chi connectivity index (χ1) is 8.61. The summed E-state index contributed by atoms with van der Waals surface area (Å²) >= 11 is 3.52. The van der Waals surface area contributed by atoms with Gasteiger partial charge in [-0.1, -0.05) is 6.92 Å². The monoisotopic (exact) mass is 312 g/mol. The maximum atomic E-state index is 12.8. The fraction of sp³-hybridized carbons (Fsp3) is 0.308. The van der Waals surface area contributed by atoms with Crippen molar-refractivity contribution in [1.82, 2.24) is 9.78 Å². The van der Waals surface area contributed by atoms with Gasteiger partial charge in [0, 0.05) is 7.05 Å². The van der Waals surface area contributed by atoms with E-state index in [0.717, 1.165) is 22.3 Å². The molecule has 0 radical (unpaired) electrons. The third-order valence-corrected chi connectivity index (χ3v) is 3.61. The molecule has 0 spiro atoms. The second-order valence-electron chi connectivity index (χ2n) is 3.93. The SMILES string of the molecule is CCc1nn(C)c(COc2ccc(F)cc2)c1Br. The van der Waals surface area contributed by atoms with Gasteiger partial charge in [0.2, 0.25) is 0 Å². The Kier molecular flexibility index (Phi) is 4.01. The first-order valence-corrected chi connectivity index (χ1v) is 6.49. The highest BCUT2D eigenvalue weighted by Crippen LogP contribution is 2.23. The number of aromatic nitrogens is 2. The molecule has 1 heterocycles. The molecule has 2 aromatic rings. The van der Waals surface area contributed by atoms with E-state index in [1.165, 1.54) is 12.1 Å². The number of aryl methyl sites for hydroxylation is 2. The summed E-state index contributed by atoms with van der Waals surface area (Å²) in [5.41, 5.74) is 1.98. The molecule has 0 aliphatic carbocycles. The summed E-state index contributed by atoms with van der Waals surface area (Å²) in [5.74, 6) is 0.375. The summed E-state index contributed by atoms with van der Waals surface area (Å²) in [4.78, 5) is 0. The van der Waals surface area contributed by atoms with Gasteiger partial charge in [-0.2, -0.15) is 5.10 Å². The Hall–Kier alpha value is -1.36. The highest BCUT2D eigenvalue weighted by atomic mass is 79.9. The van der Waals surface area contributed by atoms with Gasteiger partial charge in [-0.25, -0.2) is 4.39 Å². The lowest BCUT2D eigenvalue weighted by Crippen LogP contribution is -2.03. The molecule has 1 aromatic carbocycles. The van der Waals surface area contributed by atoms with Crippen LogP contribution in [0, 0.1) is 5.82 Å². The first kappa shape index (κ1) is 13.1. The largest absolute Gasteiger partial charge is 0.487 e. The Morgan fingerprint density at radius 1 is 1.33 bits per heavy atom. The minimum Gasteiger partial charge on any atom is -0.487 e. The molecule has 0 aliphatic heterocycles. The minimum atomic E-state index is -0.266. The van der Waals surface area contributed by atoms with E-state index in [2.05, 4.69) is 28.0 Å². The van der Waals surface area contributed by atoms with E-state index in [1.807, 2.05) is 7.05 Å². The topological polar surface area (TPSA) is 27.1 Å². The van der Waals surface area contributed by atoms with Crippen LogP contribution < -0.4 is 4.74 Å². The summed E-state index contributed by atoms with van der Waals surface area (Å²) < 4.78 is 21.1. The van der Waals surface area contributed by atoms with Crippen LogP contribution in [0.25, 0.3) is 0 Å². The zero-order valence-corrected chi connectivity index (χ0v) is 11.9. The zero-order valence-electron chi connectivity index (χ0n) is 10.3. The van der Waals surface area contributed by atoms with Crippen LogP contribution >= 0.6 is 15.9 Å². The Morgan fingerprint density at radius 2 is 2.00 bits per heavy atom. The summed E-state index contributed by atoms with van der Waals surface area (Å²) in [5, 5.41) is 4.38. The molecule has 1 aromatic heterocycles. The van der Waals surface area contributed by atoms with E-state index in [4.69, 9.17) is 4.74 Å². The van der Waals surface area contributed by atoms with Gasteiger partial charge in [0.1, 0.15) is 18.2 Å². The Labute approximate surface area is 114 Å². The second kappa shape index (κ2) is 5.52. The number of hydrogen-bond acceptors (Lipinski definition) is 2. The van der Waals surface area contributed by atoms with Gasteiger partial charge in [-0.15, -0.1) is 0 Å². The van der Waals surface area contributed by atoms with Crippen LogP contribution in [0.1, 0.15) is 18.3 Å². The summed E-state index contributed by atoms with van der Waals surface area (Å²) in [6.07, 6.45) is 0.866. The van der Waals surface area contributed by atoms with E-state index in [0.29, 0.717) is 12.4 Å². The van der Waals surface area contributed by atoms with Crippen molar-refractivity contribution in [2.24, 2.45) is 7.05 Å². The van der Waals surface area contributed by atoms with Crippen molar-refractivity contribution >= 4 is 15.9 Å². The van der Waals surface area contributed by atoms with Crippen molar-refractivity contribution in [2.45, 2.75) is 20.0 Å². The molecule has 0 unspecified atom stereocenters. The number of rotatable bonds is 4. The summed E-state index contributed by atoms with van der Waals surface area (Å²) in [6, 6.07) is 5.98. The van der Waals surface area contributed by atoms with Crippen molar-refractivity contribution in [2.75, 3.05) is 0 Å². The maximum absolute atomic E-state index is 12.8. The molecule has 0 atom stereocenters. The Bertz CT molecular complexity index is 537. The lowest BCUT2D eigenvalue weighted by molar-refractivity contribution is 0.293. The molecule has 0 amide bonds. The third-order valence-electron chi connectivity index (χ3n) is 2.69. The molecule has 18 heavy (non-hydrogen) atoms. The molecule has 3 nitrogen and oxygen atoms in total. The molecule has 5 heteroatoms. The molecule has 0 saturated carbocycles. The van der Waals surface area contributed by atoms with Crippen LogP contribution in [0.4, 0.5) is 4.39 Å². The van der Waals surface area contributed by atoms with Crippen LogP contribution in [0.2, 0.25) is 0 Å². The minimum absolute atomic E-state index is 0.266. The van der Waals surface area contributed by atoms with Crippen LogP contribution in [0.5, 0.6) is 5.75 Å². The number of benzene rings is 1. The van der Waals surface area contributed by atoms with Gasteiger partial charge < -0.3 is 4.74 Å². The average molecular weight is 313 g/mol. The van der Waals surface area contributed by atoms with E-state index >= 15 is 0 Å². The molecule has 0 bridgehead atoms. The second-order valence-corrected chi connectivity index (χ2v) is 4.72. The van der Waals surface area contributed by atoms with Gasteiger partial charge in [-0.3, -0.25) is 4.68 Å². The molecule has 0 aliphatic rings. The predicted molar refractivity (Wildman–Crippen MR) is 71.0 cm³/mol. The Balaban J connectivity index is 2.10. The molecular formula is C13H14BrFN2O. The van der Waals surface area contributed by atoms with Gasteiger partial charge in [-0.05, 0) is 46.6 Å². The van der Waals surface area contributed by atoms with Crippen LogP contribution in [0.3, 0.4) is 0 Å². The molecular weight excluding hydrogens is 299 g/mol. The maximum Gasteiger partial charge on any atom is 0.131 e. The van der Waals surface area contributed by atoms with Gasteiger partial charge in [0.25, 0.3) is 0 Å². The van der Waals surface area contributed by atoms with Gasteiger partial charge in [0.15, 0.2) is 0 Å². The standard InChI is InChI=1S/C13H14BrFN2O/c1-3-11-13(14)12(17(2)16-11)8-18-10-6-4-9(15)5-7-10/h4-7H,3,8H2,1-2H3. The van der Waals surface area contributed by atoms with Gasteiger partial charge >= 0.3 is 0 Å². The van der Waals surface area contributed by atoms with Gasteiger partial charge in [0.05, 0.1) is 15.9 Å². The van der Waals surface area contributed by atoms with Crippen molar-refractivity contribution in [3.63, 3.8) is 0 Å². The number of hydrogen-bond donors (Lipinski definition) is 0. The molecule has 0 N–H and O–H groups in total. The van der Waals surface area contributed by atoms with Crippen LogP contribution in [-0.4, -0.2) is 9.78 Å². The zero-order chi connectivity index (χ0) is 13.1. The molecule has 0 saturated heterocycles. The van der Waals surface area contributed by atoms with E-state index in [1.54, 1.807) is 16.8 Å². The smallest absolute Gasteiger partial charge is 0.131 e. The van der Waals surface area contributed by atoms with Crippen LogP contribution in [-0.2, 0) is 20.1 Å². The highest BCUT2D eigenvalue weighted by Gasteiger charge is 2.12. The molecule has 0 fully saturated rings. The third kappa shape index (κ3) is 2.72. The number of nitrogens with zero attached hydrogens (tertiary/aromatic N) is 2. The highest BCUT2D eigenvalue weighted by molar-refractivity contribution is 9.10.